The fourth-order valence-electron chi connectivity index (χ4n) is 2.37. The van der Waals surface area contributed by atoms with Gasteiger partial charge in [0.1, 0.15) is 6.04 Å². The lowest BCUT2D eigenvalue weighted by atomic mass is 10.0. The Hall–Kier alpha value is -2.37. The summed E-state index contributed by atoms with van der Waals surface area (Å²) in [5.74, 6) is -1.04. The summed E-state index contributed by atoms with van der Waals surface area (Å²) in [6, 6.07) is 6.86. The maximum Gasteiger partial charge on any atom is 0.326 e. The van der Waals surface area contributed by atoms with Gasteiger partial charge in [-0.2, -0.15) is 0 Å². The van der Waals surface area contributed by atoms with Gasteiger partial charge in [-0.05, 0) is 24.5 Å². The second-order valence-electron chi connectivity index (χ2n) is 5.76. The highest BCUT2D eigenvalue weighted by atomic mass is 16.4. The third-order valence-corrected chi connectivity index (χ3v) is 3.45. The topological polar surface area (TPSA) is 84.2 Å². The quantitative estimate of drug-likeness (QED) is 0.820. The molecule has 1 amide bonds. The molecule has 0 aliphatic heterocycles. The highest BCUT2D eigenvalue weighted by Crippen LogP contribution is 2.12. The first-order valence-corrected chi connectivity index (χ1v) is 7.39. The number of benzene rings is 1. The van der Waals surface area contributed by atoms with Gasteiger partial charge in [0.2, 0.25) is 5.91 Å². The molecule has 1 aromatic carbocycles. The zero-order valence-electron chi connectivity index (χ0n) is 12.8. The number of hydrogen-bond donors (Lipinski definition) is 2. The third kappa shape index (κ3) is 4.07. The van der Waals surface area contributed by atoms with Crippen LogP contribution in [0.15, 0.2) is 30.6 Å². The van der Waals surface area contributed by atoms with Crippen molar-refractivity contribution >= 4 is 22.9 Å². The van der Waals surface area contributed by atoms with Gasteiger partial charge >= 0.3 is 5.97 Å². The van der Waals surface area contributed by atoms with Gasteiger partial charge in [-0.3, -0.25) is 4.79 Å². The molecule has 1 heterocycles. The lowest BCUT2D eigenvalue weighted by Gasteiger charge is -2.16. The zero-order chi connectivity index (χ0) is 16.1. The third-order valence-electron chi connectivity index (χ3n) is 3.45. The van der Waals surface area contributed by atoms with E-state index in [1.165, 1.54) is 0 Å². The standard InChI is InChI=1S/C16H21N3O3/c1-11(2)9-13(16(21)22)18-15(20)7-8-19-10-17-12-5-3-4-6-14(12)19/h3-6,10-11,13H,7-9H2,1-2H3,(H,18,20)(H,21,22)/t13-/m0/s1. The highest BCUT2D eigenvalue weighted by Gasteiger charge is 2.20. The summed E-state index contributed by atoms with van der Waals surface area (Å²) in [6.07, 6.45) is 2.35. The molecule has 0 radical (unpaired) electrons. The van der Waals surface area contributed by atoms with Crippen molar-refractivity contribution < 1.29 is 14.7 Å². The van der Waals surface area contributed by atoms with E-state index >= 15 is 0 Å². The van der Waals surface area contributed by atoms with Crippen molar-refractivity contribution in [2.24, 2.45) is 5.92 Å². The van der Waals surface area contributed by atoms with E-state index in [1.54, 1.807) is 6.33 Å². The SMILES string of the molecule is CC(C)C[C@H](NC(=O)CCn1cnc2ccccc21)C(=O)O. The van der Waals surface area contributed by atoms with Crippen molar-refractivity contribution in [2.45, 2.75) is 39.3 Å². The summed E-state index contributed by atoms with van der Waals surface area (Å²) < 4.78 is 1.90. The molecule has 22 heavy (non-hydrogen) atoms. The molecule has 6 heteroatoms. The normalized spacial score (nSPS) is 12.5. The fourth-order valence-corrected chi connectivity index (χ4v) is 2.37. The van der Waals surface area contributed by atoms with Crippen LogP contribution < -0.4 is 5.32 Å². The first-order valence-electron chi connectivity index (χ1n) is 7.39. The second kappa shape index (κ2) is 7.06. The number of nitrogens with one attached hydrogen (secondary N) is 1. The number of carbonyl (C=O) groups excluding carboxylic acids is 1. The van der Waals surface area contributed by atoms with Crippen LogP contribution in [-0.2, 0) is 16.1 Å². The Labute approximate surface area is 129 Å². The molecule has 1 atom stereocenters. The molecule has 0 aliphatic carbocycles. The van der Waals surface area contributed by atoms with Gasteiger partial charge in [0, 0.05) is 13.0 Å². The number of para-hydroxylation sites is 2. The molecule has 0 bridgehead atoms. The summed E-state index contributed by atoms with van der Waals surface area (Å²) in [5, 5.41) is 11.7. The minimum atomic E-state index is -0.991. The molecule has 0 fully saturated rings. The van der Waals surface area contributed by atoms with Crippen LogP contribution >= 0.6 is 0 Å². The molecule has 2 rings (SSSR count). The van der Waals surface area contributed by atoms with Crippen molar-refractivity contribution in [1.29, 1.82) is 0 Å². The monoisotopic (exact) mass is 303 g/mol. The number of rotatable bonds is 7. The number of carboxylic acid groups (broad SMARTS) is 1. The maximum absolute atomic E-state index is 12.0. The van der Waals surface area contributed by atoms with Gasteiger partial charge in [-0.1, -0.05) is 26.0 Å². The Balaban J connectivity index is 1.93. The Kier molecular flexibility index (Phi) is 5.14. The highest BCUT2D eigenvalue weighted by molar-refractivity contribution is 5.83. The minimum absolute atomic E-state index is 0.207. The Morgan fingerprint density at radius 2 is 2.05 bits per heavy atom. The number of imidazole rings is 1. The molecule has 2 N–H and O–H groups in total. The van der Waals surface area contributed by atoms with E-state index in [-0.39, 0.29) is 18.2 Å². The summed E-state index contributed by atoms with van der Waals surface area (Å²) in [4.78, 5) is 27.4. The molecular formula is C16H21N3O3. The Bertz CT molecular complexity index is 663. The van der Waals surface area contributed by atoms with Crippen molar-refractivity contribution in [3.8, 4) is 0 Å². The van der Waals surface area contributed by atoms with E-state index in [2.05, 4.69) is 10.3 Å². The number of aryl methyl sites for hydroxylation is 1. The molecule has 1 aromatic heterocycles. The molecular weight excluding hydrogens is 282 g/mol. The maximum atomic E-state index is 12.0. The number of aromatic nitrogens is 2. The lowest BCUT2D eigenvalue weighted by molar-refractivity contribution is -0.142. The summed E-state index contributed by atoms with van der Waals surface area (Å²) in [5.41, 5.74) is 1.85. The largest absolute Gasteiger partial charge is 0.480 e. The second-order valence-corrected chi connectivity index (χ2v) is 5.76. The van der Waals surface area contributed by atoms with Crippen molar-refractivity contribution in [1.82, 2.24) is 14.9 Å². The number of hydrogen-bond acceptors (Lipinski definition) is 3. The summed E-state index contributed by atoms with van der Waals surface area (Å²) in [6.45, 7) is 4.33. The van der Waals surface area contributed by atoms with Crippen LogP contribution in [0.3, 0.4) is 0 Å². The average molecular weight is 303 g/mol. The van der Waals surface area contributed by atoms with Crippen LogP contribution in [0.5, 0.6) is 0 Å². The van der Waals surface area contributed by atoms with Gasteiger partial charge in [0.05, 0.1) is 17.4 Å². The molecule has 0 saturated carbocycles. The van der Waals surface area contributed by atoms with Crippen LogP contribution in [0.2, 0.25) is 0 Å². The molecule has 0 saturated heterocycles. The molecule has 0 spiro atoms. The predicted octanol–water partition coefficient (Wildman–Crippen LogP) is 2.04. The number of nitrogens with zero attached hydrogens (tertiary/aromatic N) is 2. The fraction of sp³-hybridized carbons (Fsp3) is 0.438. The van der Waals surface area contributed by atoms with Crippen molar-refractivity contribution in [2.75, 3.05) is 0 Å². The lowest BCUT2D eigenvalue weighted by Crippen LogP contribution is -2.41. The van der Waals surface area contributed by atoms with Gasteiger partial charge < -0.3 is 15.0 Å². The van der Waals surface area contributed by atoms with Gasteiger partial charge in [0.15, 0.2) is 0 Å². The Morgan fingerprint density at radius 3 is 2.73 bits per heavy atom. The van der Waals surface area contributed by atoms with E-state index < -0.39 is 12.0 Å². The number of carboxylic acids is 1. The Morgan fingerprint density at radius 1 is 1.32 bits per heavy atom. The average Bonchev–Trinajstić information content (AvgIpc) is 2.87. The van der Waals surface area contributed by atoms with Crippen molar-refractivity contribution in [3.63, 3.8) is 0 Å². The van der Waals surface area contributed by atoms with E-state index in [1.807, 2.05) is 42.7 Å². The predicted molar refractivity (Wildman–Crippen MR) is 83.4 cm³/mol. The van der Waals surface area contributed by atoms with E-state index in [9.17, 15) is 9.59 Å². The molecule has 0 unspecified atom stereocenters. The van der Waals surface area contributed by atoms with E-state index in [4.69, 9.17) is 5.11 Å². The number of aliphatic carboxylic acids is 1. The number of fused-ring (bicyclic) bond motifs is 1. The minimum Gasteiger partial charge on any atom is -0.480 e. The van der Waals surface area contributed by atoms with Gasteiger partial charge in [-0.25, -0.2) is 9.78 Å². The van der Waals surface area contributed by atoms with Gasteiger partial charge in [0.25, 0.3) is 0 Å². The van der Waals surface area contributed by atoms with E-state index in [0.717, 1.165) is 11.0 Å². The first kappa shape index (κ1) is 16.0. The van der Waals surface area contributed by atoms with E-state index in [0.29, 0.717) is 13.0 Å². The molecule has 118 valence electrons. The van der Waals surface area contributed by atoms with Crippen LogP contribution in [0.4, 0.5) is 0 Å². The number of carbonyl (C=O) groups is 2. The number of amides is 1. The summed E-state index contributed by atoms with van der Waals surface area (Å²) >= 11 is 0. The van der Waals surface area contributed by atoms with Crippen LogP contribution in [0.25, 0.3) is 11.0 Å². The van der Waals surface area contributed by atoms with Crippen molar-refractivity contribution in [3.05, 3.63) is 30.6 Å². The van der Waals surface area contributed by atoms with Crippen LogP contribution in [0.1, 0.15) is 26.7 Å². The smallest absolute Gasteiger partial charge is 0.326 e. The zero-order valence-corrected chi connectivity index (χ0v) is 12.8. The summed E-state index contributed by atoms with van der Waals surface area (Å²) in [7, 11) is 0. The molecule has 2 aromatic rings. The first-order chi connectivity index (χ1) is 10.5. The van der Waals surface area contributed by atoms with Crippen LogP contribution in [-0.4, -0.2) is 32.6 Å². The van der Waals surface area contributed by atoms with Gasteiger partial charge in [-0.15, -0.1) is 0 Å². The van der Waals surface area contributed by atoms with Crippen LogP contribution in [0, 0.1) is 5.92 Å². The molecule has 0 aliphatic rings. The molecule has 6 nitrogen and oxygen atoms in total.